The van der Waals surface area contributed by atoms with Gasteiger partial charge < -0.3 is 20.2 Å². The number of carbonyl (C=O) groups is 3. The van der Waals surface area contributed by atoms with Gasteiger partial charge >= 0.3 is 12.0 Å². The van der Waals surface area contributed by atoms with Gasteiger partial charge in [0.1, 0.15) is 12.1 Å². The van der Waals surface area contributed by atoms with Crippen LogP contribution in [-0.2, 0) is 9.59 Å². The summed E-state index contributed by atoms with van der Waals surface area (Å²) < 4.78 is 0. The Labute approximate surface area is 125 Å². The number of nitrogens with zero attached hydrogens (tertiary/aromatic N) is 2. The first-order valence-electron chi connectivity index (χ1n) is 7.31. The number of hydrogen-bond acceptors (Lipinski definition) is 3. The molecule has 1 atom stereocenters. The standard InChI is InChI=1S/C14H25N3O4/c1-5-16(9-11(18)15-10(2)3)13(21)17-8-6-7-14(17,4)12(19)20/h10H,5-9H2,1-4H3,(H,15,18)(H,19,20). The summed E-state index contributed by atoms with van der Waals surface area (Å²) in [4.78, 5) is 38.5. The number of amides is 3. The van der Waals surface area contributed by atoms with Crippen LogP contribution in [0.5, 0.6) is 0 Å². The molecule has 7 nitrogen and oxygen atoms in total. The number of carboxylic acids is 1. The number of carboxylic acid groups (broad SMARTS) is 1. The molecule has 0 bridgehead atoms. The maximum atomic E-state index is 12.5. The Morgan fingerprint density at radius 2 is 2.00 bits per heavy atom. The first-order valence-corrected chi connectivity index (χ1v) is 7.31. The predicted molar refractivity (Wildman–Crippen MR) is 77.9 cm³/mol. The molecule has 0 saturated carbocycles. The lowest BCUT2D eigenvalue weighted by molar-refractivity contribution is -0.147. The van der Waals surface area contributed by atoms with Crippen molar-refractivity contribution in [3.05, 3.63) is 0 Å². The van der Waals surface area contributed by atoms with E-state index >= 15 is 0 Å². The molecule has 2 N–H and O–H groups in total. The number of hydrogen-bond donors (Lipinski definition) is 2. The number of aliphatic carboxylic acids is 1. The van der Waals surface area contributed by atoms with Crippen molar-refractivity contribution in [2.75, 3.05) is 19.6 Å². The number of nitrogens with one attached hydrogen (secondary N) is 1. The fourth-order valence-corrected chi connectivity index (χ4v) is 2.52. The van der Waals surface area contributed by atoms with Gasteiger partial charge in [-0.3, -0.25) is 4.79 Å². The fourth-order valence-electron chi connectivity index (χ4n) is 2.52. The molecular weight excluding hydrogens is 274 g/mol. The van der Waals surface area contributed by atoms with Crippen LogP contribution in [0.25, 0.3) is 0 Å². The third-order valence-electron chi connectivity index (χ3n) is 3.77. The van der Waals surface area contributed by atoms with Crippen molar-refractivity contribution < 1.29 is 19.5 Å². The van der Waals surface area contributed by atoms with E-state index in [-0.39, 0.29) is 24.5 Å². The first-order chi connectivity index (χ1) is 9.72. The topological polar surface area (TPSA) is 90.0 Å². The van der Waals surface area contributed by atoms with Gasteiger partial charge in [0.05, 0.1) is 0 Å². The van der Waals surface area contributed by atoms with Crippen LogP contribution in [0.2, 0.25) is 0 Å². The van der Waals surface area contributed by atoms with Crippen LogP contribution in [0.1, 0.15) is 40.5 Å². The van der Waals surface area contributed by atoms with Gasteiger partial charge in [-0.1, -0.05) is 0 Å². The molecule has 120 valence electrons. The lowest BCUT2D eigenvalue weighted by Crippen LogP contribution is -2.56. The van der Waals surface area contributed by atoms with Crippen molar-refractivity contribution in [1.29, 1.82) is 0 Å². The van der Waals surface area contributed by atoms with Gasteiger partial charge in [-0.15, -0.1) is 0 Å². The summed E-state index contributed by atoms with van der Waals surface area (Å²) in [7, 11) is 0. The number of likely N-dealkylation sites (tertiary alicyclic amines) is 1. The van der Waals surface area contributed by atoms with E-state index in [1.807, 2.05) is 13.8 Å². The highest BCUT2D eigenvalue weighted by Gasteiger charge is 2.47. The fraction of sp³-hybridized carbons (Fsp3) is 0.786. The Morgan fingerprint density at radius 3 is 2.48 bits per heavy atom. The average Bonchev–Trinajstić information content (AvgIpc) is 2.77. The minimum absolute atomic E-state index is 0.00220. The zero-order valence-corrected chi connectivity index (χ0v) is 13.2. The van der Waals surface area contributed by atoms with Crippen molar-refractivity contribution in [3.8, 4) is 0 Å². The van der Waals surface area contributed by atoms with Crippen LogP contribution in [0.4, 0.5) is 4.79 Å². The number of likely N-dealkylation sites (N-methyl/N-ethyl adjacent to an activating group) is 1. The Bertz CT molecular complexity index is 424. The van der Waals surface area contributed by atoms with Crippen LogP contribution in [0, 0.1) is 0 Å². The molecule has 1 saturated heterocycles. The quantitative estimate of drug-likeness (QED) is 0.789. The van der Waals surface area contributed by atoms with Gasteiger partial charge in [0, 0.05) is 19.1 Å². The Morgan fingerprint density at radius 1 is 1.38 bits per heavy atom. The molecule has 7 heteroatoms. The van der Waals surface area contributed by atoms with Crippen molar-refractivity contribution in [2.24, 2.45) is 0 Å². The summed E-state index contributed by atoms with van der Waals surface area (Å²) in [5, 5.41) is 12.1. The van der Waals surface area contributed by atoms with Gasteiger partial charge in [-0.25, -0.2) is 9.59 Å². The number of rotatable bonds is 5. The first kappa shape index (κ1) is 17.3. The lowest BCUT2D eigenvalue weighted by Gasteiger charge is -2.35. The van der Waals surface area contributed by atoms with Crippen molar-refractivity contribution in [3.63, 3.8) is 0 Å². The predicted octanol–water partition coefficient (Wildman–Crippen LogP) is 0.892. The van der Waals surface area contributed by atoms with Gasteiger partial charge in [0.15, 0.2) is 0 Å². The van der Waals surface area contributed by atoms with E-state index in [0.717, 1.165) is 0 Å². The summed E-state index contributed by atoms with van der Waals surface area (Å²) in [6, 6.07) is -0.388. The molecule has 0 aromatic heterocycles. The van der Waals surface area contributed by atoms with E-state index in [1.165, 1.54) is 9.80 Å². The second-order valence-electron chi connectivity index (χ2n) is 5.85. The SMILES string of the molecule is CCN(CC(=O)NC(C)C)C(=O)N1CCCC1(C)C(=O)O. The maximum absolute atomic E-state index is 12.5. The summed E-state index contributed by atoms with van der Waals surface area (Å²) in [5.41, 5.74) is -1.18. The van der Waals surface area contributed by atoms with Crippen molar-refractivity contribution in [2.45, 2.75) is 52.1 Å². The lowest BCUT2D eigenvalue weighted by atomic mass is 10.00. The van der Waals surface area contributed by atoms with Gasteiger partial charge in [-0.05, 0) is 40.5 Å². The zero-order valence-electron chi connectivity index (χ0n) is 13.2. The summed E-state index contributed by atoms with van der Waals surface area (Å²) in [6.45, 7) is 7.73. The Kier molecular flexibility index (Phi) is 5.57. The van der Waals surface area contributed by atoms with Gasteiger partial charge in [0.2, 0.25) is 5.91 Å². The molecule has 1 rings (SSSR count). The van der Waals surface area contributed by atoms with Crippen LogP contribution >= 0.6 is 0 Å². The molecule has 0 aromatic carbocycles. The molecule has 0 radical (unpaired) electrons. The highest BCUT2D eigenvalue weighted by Crippen LogP contribution is 2.30. The second-order valence-corrected chi connectivity index (χ2v) is 5.85. The smallest absolute Gasteiger partial charge is 0.329 e. The van der Waals surface area contributed by atoms with E-state index in [9.17, 15) is 19.5 Å². The Balaban J connectivity index is 2.79. The summed E-state index contributed by atoms with van der Waals surface area (Å²) in [5.74, 6) is -1.24. The van der Waals surface area contributed by atoms with E-state index in [4.69, 9.17) is 0 Å². The van der Waals surface area contributed by atoms with Gasteiger partial charge in [0.25, 0.3) is 0 Å². The third-order valence-corrected chi connectivity index (χ3v) is 3.77. The minimum Gasteiger partial charge on any atom is -0.480 e. The largest absolute Gasteiger partial charge is 0.480 e. The highest BCUT2D eigenvalue weighted by atomic mass is 16.4. The van der Waals surface area contributed by atoms with E-state index in [1.54, 1.807) is 13.8 Å². The van der Waals surface area contributed by atoms with Crippen LogP contribution in [0.15, 0.2) is 0 Å². The molecule has 21 heavy (non-hydrogen) atoms. The van der Waals surface area contributed by atoms with E-state index in [2.05, 4.69) is 5.32 Å². The van der Waals surface area contributed by atoms with Gasteiger partial charge in [-0.2, -0.15) is 0 Å². The Hall–Kier alpha value is -1.79. The highest BCUT2D eigenvalue weighted by molar-refractivity contribution is 5.89. The molecular formula is C14H25N3O4. The van der Waals surface area contributed by atoms with Crippen molar-refractivity contribution in [1.82, 2.24) is 15.1 Å². The molecule has 1 heterocycles. The van der Waals surface area contributed by atoms with E-state index < -0.39 is 11.5 Å². The molecule has 0 aromatic rings. The monoisotopic (exact) mass is 299 g/mol. The molecule has 1 aliphatic heterocycles. The third kappa shape index (κ3) is 3.86. The second kappa shape index (κ2) is 6.78. The van der Waals surface area contributed by atoms with Crippen LogP contribution < -0.4 is 5.32 Å². The summed E-state index contributed by atoms with van der Waals surface area (Å²) in [6.07, 6.45) is 1.09. The van der Waals surface area contributed by atoms with Crippen molar-refractivity contribution >= 4 is 17.9 Å². The van der Waals surface area contributed by atoms with E-state index in [0.29, 0.717) is 25.9 Å². The zero-order chi connectivity index (χ0) is 16.2. The molecule has 1 aliphatic rings. The molecule has 0 aliphatic carbocycles. The maximum Gasteiger partial charge on any atom is 0.329 e. The molecule has 1 fully saturated rings. The number of urea groups is 1. The molecule has 0 spiro atoms. The summed E-state index contributed by atoms with van der Waals surface area (Å²) >= 11 is 0. The molecule has 3 amide bonds. The number of carbonyl (C=O) groups excluding carboxylic acids is 2. The van der Waals surface area contributed by atoms with Crippen LogP contribution in [-0.4, -0.2) is 64.0 Å². The normalized spacial score (nSPS) is 21.5. The average molecular weight is 299 g/mol. The molecule has 1 unspecified atom stereocenters. The van der Waals surface area contributed by atoms with Crippen LogP contribution in [0.3, 0.4) is 0 Å². The minimum atomic E-state index is -1.18.